The molecule has 1 aliphatic heterocycles. The SMILES string of the molecule is CC1(C)CN(C(=O)c2cccc(C(F)(F)F)c2)CC(C(=O)O)c2[nH]c(C#N)cc21. The number of alkyl halides is 3. The number of carbonyl (C=O) groups is 2. The highest BCUT2D eigenvalue weighted by atomic mass is 19.4. The van der Waals surface area contributed by atoms with E-state index in [-0.39, 0.29) is 24.3 Å². The summed E-state index contributed by atoms with van der Waals surface area (Å²) in [5.74, 6) is -3.01. The van der Waals surface area contributed by atoms with Crippen LogP contribution in [0.5, 0.6) is 0 Å². The highest BCUT2D eigenvalue weighted by molar-refractivity contribution is 5.95. The maximum Gasteiger partial charge on any atom is 0.416 e. The average Bonchev–Trinajstić information content (AvgIpc) is 3.04. The van der Waals surface area contributed by atoms with Crippen molar-refractivity contribution in [3.05, 3.63) is 58.4 Å². The molecule has 1 aliphatic rings. The number of aliphatic carboxylic acids is 1. The van der Waals surface area contributed by atoms with Crippen molar-refractivity contribution in [2.24, 2.45) is 0 Å². The number of benzene rings is 1. The summed E-state index contributed by atoms with van der Waals surface area (Å²) in [6, 6.07) is 7.57. The maximum absolute atomic E-state index is 13.0. The summed E-state index contributed by atoms with van der Waals surface area (Å²) in [7, 11) is 0. The monoisotopic (exact) mass is 405 g/mol. The summed E-state index contributed by atoms with van der Waals surface area (Å²) in [4.78, 5) is 28.9. The number of halogens is 3. The molecule has 1 amide bonds. The van der Waals surface area contributed by atoms with E-state index in [2.05, 4.69) is 4.98 Å². The topological polar surface area (TPSA) is 97.2 Å². The first-order chi connectivity index (χ1) is 13.4. The van der Waals surface area contributed by atoms with Crippen molar-refractivity contribution in [3.8, 4) is 6.07 Å². The first-order valence-electron chi connectivity index (χ1n) is 8.77. The molecule has 0 saturated heterocycles. The number of aromatic nitrogens is 1. The molecule has 0 radical (unpaired) electrons. The van der Waals surface area contributed by atoms with Crippen LogP contribution in [0.15, 0.2) is 30.3 Å². The summed E-state index contributed by atoms with van der Waals surface area (Å²) in [5.41, 5.74) is -0.687. The molecule has 2 heterocycles. The molecule has 1 aromatic carbocycles. The Morgan fingerprint density at radius 3 is 2.59 bits per heavy atom. The first-order valence-corrected chi connectivity index (χ1v) is 8.77. The van der Waals surface area contributed by atoms with Gasteiger partial charge in [0.1, 0.15) is 17.7 Å². The third-order valence-electron chi connectivity index (χ3n) is 5.06. The normalized spacial score (nSPS) is 18.5. The zero-order chi connectivity index (χ0) is 21.6. The lowest BCUT2D eigenvalue weighted by molar-refractivity contribution is -0.139. The number of hydrogen-bond acceptors (Lipinski definition) is 3. The van der Waals surface area contributed by atoms with E-state index >= 15 is 0 Å². The molecule has 2 aromatic rings. The third-order valence-corrected chi connectivity index (χ3v) is 5.06. The van der Waals surface area contributed by atoms with Gasteiger partial charge in [0.2, 0.25) is 0 Å². The number of nitrogens with one attached hydrogen (secondary N) is 1. The van der Waals surface area contributed by atoms with Crippen molar-refractivity contribution >= 4 is 11.9 Å². The second kappa shape index (κ2) is 6.95. The second-order valence-electron chi connectivity index (χ2n) is 7.66. The van der Waals surface area contributed by atoms with Crippen LogP contribution in [0.2, 0.25) is 0 Å². The van der Waals surface area contributed by atoms with Gasteiger partial charge in [-0.25, -0.2) is 0 Å². The molecule has 1 unspecified atom stereocenters. The van der Waals surface area contributed by atoms with Crippen molar-refractivity contribution in [2.45, 2.75) is 31.4 Å². The van der Waals surface area contributed by atoms with Crippen LogP contribution >= 0.6 is 0 Å². The predicted molar refractivity (Wildman–Crippen MR) is 96.3 cm³/mol. The molecule has 152 valence electrons. The zero-order valence-corrected chi connectivity index (χ0v) is 15.7. The van der Waals surface area contributed by atoms with E-state index in [9.17, 15) is 27.9 Å². The summed E-state index contributed by atoms with van der Waals surface area (Å²) >= 11 is 0. The van der Waals surface area contributed by atoms with Crippen LogP contribution in [0.3, 0.4) is 0 Å². The van der Waals surface area contributed by atoms with Gasteiger partial charge in [-0.3, -0.25) is 9.59 Å². The fourth-order valence-corrected chi connectivity index (χ4v) is 3.67. The highest BCUT2D eigenvalue weighted by Gasteiger charge is 2.40. The van der Waals surface area contributed by atoms with Crippen molar-refractivity contribution in [1.29, 1.82) is 5.26 Å². The van der Waals surface area contributed by atoms with Gasteiger partial charge in [0.05, 0.1) is 5.56 Å². The number of carbonyl (C=O) groups excluding carboxylic acids is 1. The van der Waals surface area contributed by atoms with Crippen LogP contribution in [0.25, 0.3) is 0 Å². The lowest BCUT2D eigenvalue weighted by Crippen LogP contribution is -2.41. The van der Waals surface area contributed by atoms with Crippen LogP contribution in [-0.4, -0.2) is 40.0 Å². The molecular formula is C20H18F3N3O3. The van der Waals surface area contributed by atoms with Crippen molar-refractivity contribution in [3.63, 3.8) is 0 Å². The standard InChI is InChI=1S/C20H18F3N3O3/c1-19(2)10-26(17(27)11-4-3-5-12(6-11)20(21,22)23)9-14(18(28)29)16-15(19)7-13(8-24)25-16/h3-7,14,25H,9-10H2,1-2H3,(H,28,29). The number of carboxylic acid groups (broad SMARTS) is 1. The number of H-pyrrole nitrogens is 1. The number of fused-ring (bicyclic) bond motifs is 1. The van der Waals surface area contributed by atoms with E-state index in [1.807, 2.05) is 6.07 Å². The van der Waals surface area contributed by atoms with Crippen LogP contribution in [-0.2, 0) is 16.4 Å². The molecule has 29 heavy (non-hydrogen) atoms. The van der Waals surface area contributed by atoms with Crippen molar-refractivity contribution < 1.29 is 27.9 Å². The Bertz CT molecular complexity index is 1020. The van der Waals surface area contributed by atoms with E-state index in [0.29, 0.717) is 11.3 Å². The number of hydrogen-bond donors (Lipinski definition) is 2. The minimum absolute atomic E-state index is 0.0849. The van der Waals surface area contributed by atoms with E-state index in [4.69, 9.17) is 5.26 Å². The van der Waals surface area contributed by atoms with Gasteiger partial charge < -0.3 is 15.0 Å². The Morgan fingerprint density at radius 2 is 2.00 bits per heavy atom. The average molecular weight is 405 g/mol. The van der Waals surface area contributed by atoms with E-state index in [1.54, 1.807) is 19.9 Å². The molecule has 0 spiro atoms. The molecular weight excluding hydrogens is 387 g/mol. The quantitative estimate of drug-likeness (QED) is 0.799. The van der Waals surface area contributed by atoms with Crippen LogP contribution in [0.4, 0.5) is 13.2 Å². The Hall–Kier alpha value is -3.28. The number of nitrogens with zero attached hydrogens (tertiary/aromatic N) is 2. The Kier molecular flexibility index (Phi) is 4.91. The second-order valence-corrected chi connectivity index (χ2v) is 7.66. The first kappa shape index (κ1) is 20.5. The van der Waals surface area contributed by atoms with Gasteiger partial charge >= 0.3 is 12.1 Å². The number of nitriles is 1. The van der Waals surface area contributed by atoms with Crippen LogP contribution in [0.1, 0.15) is 52.6 Å². The molecule has 2 N–H and O–H groups in total. The van der Waals surface area contributed by atoms with E-state index in [0.717, 1.165) is 18.2 Å². The van der Waals surface area contributed by atoms with Crippen molar-refractivity contribution in [2.75, 3.05) is 13.1 Å². The van der Waals surface area contributed by atoms with Gasteiger partial charge in [-0.05, 0) is 29.8 Å². The molecule has 0 fully saturated rings. The molecule has 1 aromatic heterocycles. The summed E-state index contributed by atoms with van der Waals surface area (Å²) in [6.45, 7) is 3.43. The number of rotatable bonds is 2. The molecule has 3 rings (SSSR count). The summed E-state index contributed by atoms with van der Waals surface area (Å²) < 4.78 is 39.0. The fraction of sp³-hybridized carbons (Fsp3) is 0.350. The lowest BCUT2D eigenvalue weighted by atomic mass is 9.83. The number of aromatic amines is 1. The van der Waals surface area contributed by atoms with Crippen LogP contribution < -0.4 is 0 Å². The fourth-order valence-electron chi connectivity index (χ4n) is 3.67. The molecule has 9 heteroatoms. The largest absolute Gasteiger partial charge is 0.481 e. The van der Waals surface area contributed by atoms with Crippen LogP contribution in [0, 0.1) is 11.3 Å². The zero-order valence-electron chi connectivity index (χ0n) is 15.7. The van der Waals surface area contributed by atoms with Gasteiger partial charge in [-0.1, -0.05) is 19.9 Å². The maximum atomic E-state index is 13.0. The van der Waals surface area contributed by atoms with E-state index < -0.39 is 34.9 Å². The molecule has 1 atom stereocenters. The van der Waals surface area contributed by atoms with E-state index in [1.165, 1.54) is 11.0 Å². The van der Waals surface area contributed by atoms with Crippen molar-refractivity contribution in [1.82, 2.24) is 9.88 Å². The Labute approximate surface area is 164 Å². The predicted octanol–water partition coefficient (Wildman–Crippen LogP) is 3.51. The Morgan fingerprint density at radius 1 is 1.31 bits per heavy atom. The Balaban J connectivity index is 2.02. The molecule has 0 saturated carbocycles. The van der Waals surface area contributed by atoms with Gasteiger partial charge in [0.25, 0.3) is 5.91 Å². The minimum atomic E-state index is -4.59. The van der Waals surface area contributed by atoms with Gasteiger partial charge in [0, 0.05) is 29.8 Å². The van der Waals surface area contributed by atoms with Gasteiger partial charge in [-0.15, -0.1) is 0 Å². The number of carboxylic acids is 1. The minimum Gasteiger partial charge on any atom is -0.481 e. The third kappa shape index (κ3) is 3.83. The number of amides is 1. The highest BCUT2D eigenvalue weighted by Crippen LogP contribution is 2.37. The summed E-state index contributed by atoms with van der Waals surface area (Å²) in [6.07, 6.45) is -4.59. The smallest absolute Gasteiger partial charge is 0.416 e. The summed E-state index contributed by atoms with van der Waals surface area (Å²) in [5, 5.41) is 18.8. The molecule has 0 bridgehead atoms. The van der Waals surface area contributed by atoms with Gasteiger partial charge in [-0.2, -0.15) is 18.4 Å². The van der Waals surface area contributed by atoms with Gasteiger partial charge in [0.15, 0.2) is 0 Å². The lowest BCUT2D eigenvalue weighted by Gasteiger charge is -2.30. The molecule has 0 aliphatic carbocycles. The molecule has 6 nitrogen and oxygen atoms in total.